The summed E-state index contributed by atoms with van der Waals surface area (Å²) >= 11 is 0. The SMILES string of the molecule is C[P@]1(=O)c2ccccc2-c2ccc3c(c21)-c1cc(-c2ccc(-n4c5ccccc5c5ccccc54)cc2)ccc1C31c2ccccc2-n2c3ccccc3c3cccc1c32. The Morgan fingerprint density at radius 3 is 1.78 bits per heavy atom. The van der Waals surface area contributed by atoms with E-state index >= 15 is 4.57 Å². The van der Waals surface area contributed by atoms with E-state index in [1.54, 1.807) is 0 Å². The third kappa shape index (κ3) is 3.81. The molecule has 3 aliphatic rings. The molecule has 4 heterocycles. The van der Waals surface area contributed by atoms with E-state index in [1.807, 2.05) is 12.7 Å². The van der Waals surface area contributed by atoms with E-state index in [1.165, 1.54) is 71.6 Å². The van der Waals surface area contributed by atoms with Gasteiger partial charge in [0.2, 0.25) is 0 Å². The van der Waals surface area contributed by atoms with Gasteiger partial charge in [-0.3, -0.25) is 0 Å². The van der Waals surface area contributed by atoms with Crippen molar-refractivity contribution in [1.82, 2.24) is 9.13 Å². The molecule has 4 heteroatoms. The molecule has 0 saturated heterocycles. The fraction of sp³-hybridized carbons (Fsp3) is 0.0357. The standard InChI is InChI=1S/C56H35N2OP/c1-60(59)52-24-11-5-16-40(52)42-30-32-46-53(55(42)60)43-33-35(34-25-28-36(29-26-34)57-48-20-7-2-13-37(48)38-14-3-8-21-49(38)57)27-31-44(43)56(46)45-18-6-10-23-51(45)58-50-22-9-4-15-39(50)41-17-12-19-47(56)54(41)58/h2-33H,1H3/t56?,60-/m0/s1. The molecule has 60 heavy (non-hydrogen) atoms. The number of para-hydroxylation sites is 5. The highest BCUT2D eigenvalue weighted by Crippen LogP contribution is 2.64. The van der Waals surface area contributed by atoms with E-state index in [2.05, 4.69) is 197 Å². The van der Waals surface area contributed by atoms with Crippen LogP contribution in [0, 0.1) is 0 Å². The Kier molecular flexibility index (Phi) is 6.16. The molecule has 2 aliphatic heterocycles. The lowest BCUT2D eigenvalue weighted by atomic mass is 9.65. The van der Waals surface area contributed by atoms with Crippen LogP contribution in [0.4, 0.5) is 0 Å². The summed E-state index contributed by atoms with van der Waals surface area (Å²) in [6, 6.07) is 71.1. The van der Waals surface area contributed by atoms with Crippen LogP contribution < -0.4 is 10.6 Å². The predicted molar refractivity (Wildman–Crippen MR) is 250 cm³/mol. The van der Waals surface area contributed by atoms with Crippen molar-refractivity contribution in [2.24, 2.45) is 0 Å². The van der Waals surface area contributed by atoms with Gasteiger partial charge in [0.05, 0.1) is 33.2 Å². The van der Waals surface area contributed by atoms with Crippen molar-refractivity contribution in [2.75, 3.05) is 6.66 Å². The van der Waals surface area contributed by atoms with Crippen molar-refractivity contribution >= 4 is 61.4 Å². The smallest absolute Gasteiger partial charge is 0.142 e. The first-order chi connectivity index (χ1) is 29.5. The van der Waals surface area contributed by atoms with Crippen molar-refractivity contribution in [3.63, 3.8) is 0 Å². The fourth-order valence-electron chi connectivity index (χ4n) is 11.7. The molecule has 9 aromatic carbocycles. The number of aromatic nitrogens is 2. The maximum absolute atomic E-state index is 15.5. The quantitative estimate of drug-likeness (QED) is 0.160. The second-order valence-electron chi connectivity index (χ2n) is 16.8. The lowest BCUT2D eigenvalue weighted by molar-refractivity contribution is 0.591. The Labute approximate surface area is 346 Å². The third-order valence-electron chi connectivity index (χ3n) is 14.0. The molecule has 0 amide bonds. The van der Waals surface area contributed by atoms with Crippen molar-refractivity contribution in [1.29, 1.82) is 0 Å². The maximum Gasteiger partial charge on any atom is 0.142 e. The van der Waals surface area contributed by atoms with E-state index in [-0.39, 0.29) is 0 Å². The number of hydrogen-bond acceptors (Lipinski definition) is 1. The molecule has 1 unspecified atom stereocenters. The van der Waals surface area contributed by atoms with Gasteiger partial charge in [-0.15, -0.1) is 0 Å². The van der Waals surface area contributed by atoms with E-state index in [9.17, 15) is 0 Å². The van der Waals surface area contributed by atoms with Crippen LogP contribution in [0.25, 0.3) is 88.4 Å². The van der Waals surface area contributed by atoms with E-state index < -0.39 is 12.6 Å². The fourth-order valence-corrected chi connectivity index (χ4v) is 14.3. The first-order valence-corrected chi connectivity index (χ1v) is 22.9. The molecule has 11 aromatic rings. The Morgan fingerprint density at radius 2 is 1.02 bits per heavy atom. The minimum Gasteiger partial charge on any atom is -0.314 e. The van der Waals surface area contributed by atoms with Crippen LogP contribution in [-0.4, -0.2) is 15.8 Å². The average Bonchev–Trinajstić information content (AvgIpc) is 3.99. The molecule has 2 atom stereocenters. The highest BCUT2D eigenvalue weighted by molar-refractivity contribution is 7.79. The largest absolute Gasteiger partial charge is 0.314 e. The van der Waals surface area contributed by atoms with Gasteiger partial charge in [0, 0.05) is 37.8 Å². The number of rotatable bonds is 2. The van der Waals surface area contributed by atoms with Crippen molar-refractivity contribution in [2.45, 2.75) is 5.41 Å². The third-order valence-corrected chi connectivity index (χ3v) is 16.7. The van der Waals surface area contributed by atoms with E-state index in [4.69, 9.17) is 0 Å². The van der Waals surface area contributed by atoms with Crippen LogP contribution in [0.3, 0.4) is 0 Å². The summed E-state index contributed by atoms with van der Waals surface area (Å²) in [4.78, 5) is 0. The highest BCUT2D eigenvalue weighted by Gasteiger charge is 2.53. The first-order valence-electron chi connectivity index (χ1n) is 20.8. The zero-order valence-electron chi connectivity index (χ0n) is 32.7. The van der Waals surface area contributed by atoms with Crippen LogP contribution in [-0.2, 0) is 9.98 Å². The van der Waals surface area contributed by atoms with Gasteiger partial charge < -0.3 is 13.7 Å². The second-order valence-corrected chi connectivity index (χ2v) is 19.6. The normalized spacial score (nSPS) is 17.9. The maximum atomic E-state index is 15.5. The first kappa shape index (κ1) is 32.7. The number of fused-ring (bicyclic) bond motifs is 19. The van der Waals surface area contributed by atoms with Crippen molar-refractivity contribution < 1.29 is 4.57 Å². The molecule has 14 rings (SSSR count). The van der Waals surface area contributed by atoms with Gasteiger partial charge in [-0.1, -0.05) is 152 Å². The predicted octanol–water partition coefficient (Wildman–Crippen LogP) is 13.1. The zero-order valence-corrected chi connectivity index (χ0v) is 33.6. The van der Waals surface area contributed by atoms with E-state index in [0.29, 0.717) is 0 Å². The van der Waals surface area contributed by atoms with Crippen LogP contribution in [0.1, 0.15) is 22.3 Å². The summed E-state index contributed by atoms with van der Waals surface area (Å²) in [5.41, 5.74) is 18.3. The van der Waals surface area contributed by atoms with Crippen LogP contribution in [0.5, 0.6) is 0 Å². The molecular formula is C56H35N2OP. The summed E-state index contributed by atoms with van der Waals surface area (Å²) in [5.74, 6) is 0. The second kappa shape index (κ2) is 11.3. The monoisotopic (exact) mass is 782 g/mol. The zero-order chi connectivity index (χ0) is 39.5. The molecule has 280 valence electrons. The Bertz CT molecular complexity index is 3720. The summed E-state index contributed by atoms with van der Waals surface area (Å²) in [6.45, 7) is 1.99. The van der Waals surface area contributed by atoms with Gasteiger partial charge >= 0.3 is 0 Å². The van der Waals surface area contributed by atoms with Crippen LogP contribution >= 0.6 is 7.14 Å². The van der Waals surface area contributed by atoms with Gasteiger partial charge in [0.25, 0.3) is 0 Å². The van der Waals surface area contributed by atoms with Gasteiger partial charge in [0.1, 0.15) is 7.14 Å². The number of benzene rings is 9. The highest BCUT2D eigenvalue weighted by atomic mass is 31.2. The van der Waals surface area contributed by atoms with Gasteiger partial charge in [-0.25, -0.2) is 0 Å². The molecule has 0 fully saturated rings. The van der Waals surface area contributed by atoms with E-state index in [0.717, 1.165) is 49.7 Å². The minimum absolute atomic E-state index is 0.631. The molecule has 2 aromatic heterocycles. The van der Waals surface area contributed by atoms with Gasteiger partial charge in [0.15, 0.2) is 0 Å². The summed E-state index contributed by atoms with van der Waals surface area (Å²) < 4.78 is 20.4. The lowest BCUT2D eigenvalue weighted by Crippen LogP contribution is -2.33. The molecule has 3 nitrogen and oxygen atoms in total. The van der Waals surface area contributed by atoms with Gasteiger partial charge in [-0.2, -0.15) is 0 Å². The van der Waals surface area contributed by atoms with Crippen LogP contribution in [0.2, 0.25) is 0 Å². The van der Waals surface area contributed by atoms with Crippen molar-refractivity contribution in [3.8, 4) is 44.8 Å². The summed E-state index contributed by atoms with van der Waals surface area (Å²) in [6.07, 6.45) is 0. The number of hydrogen-bond donors (Lipinski definition) is 0. The van der Waals surface area contributed by atoms with Gasteiger partial charge in [-0.05, 0) is 105 Å². The Morgan fingerprint density at radius 1 is 0.433 bits per heavy atom. The Hall–Kier alpha value is -7.19. The molecule has 0 N–H and O–H groups in total. The van der Waals surface area contributed by atoms with Crippen LogP contribution in [0.15, 0.2) is 194 Å². The average molecular weight is 783 g/mol. The minimum atomic E-state index is -2.99. The molecule has 0 radical (unpaired) electrons. The molecule has 1 aliphatic carbocycles. The summed E-state index contributed by atoms with van der Waals surface area (Å²) in [5, 5.41) is 6.97. The Balaban J connectivity index is 1.05. The van der Waals surface area contributed by atoms with Crippen molar-refractivity contribution in [3.05, 3.63) is 216 Å². The molecule has 0 bridgehead atoms. The molecular weight excluding hydrogens is 748 g/mol. The number of nitrogens with zero attached hydrogens (tertiary/aromatic N) is 2. The topological polar surface area (TPSA) is 26.9 Å². The molecule has 0 saturated carbocycles. The molecule has 1 spiro atoms. The summed E-state index contributed by atoms with van der Waals surface area (Å²) in [7, 11) is -2.99. The lowest BCUT2D eigenvalue weighted by Gasteiger charge is -2.39.